The number of methoxy groups -OCH3 is 1. The highest BCUT2D eigenvalue weighted by Crippen LogP contribution is 2.39. The lowest BCUT2D eigenvalue weighted by molar-refractivity contribution is -0.144. The number of nitrogens with one attached hydrogen (secondary N) is 4. The van der Waals surface area contributed by atoms with E-state index in [9.17, 15) is 28.8 Å². The Labute approximate surface area is 484 Å². The van der Waals surface area contributed by atoms with Crippen molar-refractivity contribution in [3.8, 4) is 16.2 Å². The average molecular weight is 1170 g/mol. The van der Waals surface area contributed by atoms with E-state index in [-0.39, 0.29) is 76.5 Å². The van der Waals surface area contributed by atoms with Gasteiger partial charge in [0.2, 0.25) is 29.6 Å². The molecule has 20 nitrogen and oxygen atoms in total. The Balaban J connectivity index is 0.694. The Morgan fingerprint density at radius 2 is 1.58 bits per heavy atom. The molecule has 0 bridgehead atoms. The van der Waals surface area contributed by atoms with Crippen molar-refractivity contribution in [2.45, 2.75) is 90.6 Å². The molecule has 4 amide bonds. The molecular formula is C58H77ClN11O9PS. The molecule has 0 aliphatic carbocycles. The van der Waals surface area contributed by atoms with Crippen LogP contribution in [0.5, 0.6) is 5.75 Å². The monoisotopic (exact) mass is 1170 g/mol. The molecule has 436 valence electrons. The third-order valence-electron chi connectivity index (χ3n) is 14.9. The quantitative estimate of drug-likeness (QED) is 0.0326. The van der Waals surface area contributed by atoms with Gasteiger partial charge in [0.1, 0.15) is 30.0 Å². The highest BCUT2D eigenvalue weighted by molar-refractivity contribution is 7.70. The summed E-state index contributed by atoms with van der Waals surface area (Å²) >= 11 is 8.07. The van der Waals surface area contributed by atoms with E-state index < -0.39 is 36.7 Å². The molecule has 5 N–H and O–H groups in total. The zero-order valence-electron chi connectivity index (χ0n) is 47.4. The van der Waals surface area contributed by atoms with Crippen molar-refractivity contribution in [2.24, 2.45) is 5.41 Å². The molecule has 3 aliphatic rings. The number of aryl methyl sites for hydroxylation is 1. The zero-order valence-corrected chi connectivity index (χ0v) is 49.9. The van der Waals surface area contributed by atoms with Gasteiger partial charge in [-0.05, 0) is 73.9 Å². The highest BCUT2D eigenvalue weighted by atomic mass is 35.5. The minimum Gasteiger partial charge on any atom is -0.494 e. The van der Waals surface area contributed by atoms with Gasteiger partial charge in [-0.25, -0.2) is 9.97 Å². The minimum atomic E-state index is -2.57. The molecule has 0 radical (unpaired) electrons. The van der Waals surface area contributed by atoms with Gasteiger partial charge in [-0.3, -0.25) is 24.1 Å². The van der Waals surface area contributed by atoms with Crippen LogP contribution in [0.3, 0.4) is 0 Å². The number of carbonyl (C=O) groups excluding carboxylic acids is 4. The number of β-amino-alcohol motifs (C(OH)–C–C–N with tert-alkyl or cyclic N) is 1. The molecular weight excluding hydrogens is 1090 g/mol. The number of piperazine rings is 1. The number of likely N-dealkylation sites (tertiary alicyclic amines) is 1. The number of benzene rings is 3. The number of hydrogen-bond donors (Lipinski definition) is 5. The lowest BCUT2D eigenvalue weighted by Crippen LogP contribution is -2.57. The molecule has 23 heteroatoms. The first-order valence-corrected chi connectivity index (χ1v) is 31.5. The van der Waals surface area contributed by atoms with Gasteiger partial charge in [0, 0.05) is 88.3 Å². The second kappa shape index (κ2) is 27.7. The normalized spacial score (nSPS) is 17.7. The number of thiazole rings is 1. The van der Waals surface area contributed by atoms with E-state index in [4.69, 9.17) is 25.8 Å². The number of piperidine rings is 1. The van der Waals surface area contributed by atoms with Crippen molar-refractivity contribution >= 4 is 87.8 Å². The molecule has 3 saturated heterocycles. The van der Waals surface area contributed by atoms with Crippen LogP contribution in [0, 0.1) is 12.3 Å². The fraction of sp³-hybridized carbons (Fsp3) is 0.500. The summed E-state index contributed by atoms with van der Waals surface area (Å²) < 4.78 is 30.2. The first-order valence-electron chi connectivity index (χ1n) is 27.6. The molecule has 3 atom stereocenters. The van der Waals surface area contributed by atoms with Crippen LogP contribution < -0.4 is 36.2 Å². The van der Waals surface area contributed by atoms with Crippen LogP contribution in [-0.4, -0.2) is 175 Å². The van der Waals surface area contributed by atoms with Crippen LogP contribution in [0.2, 0.25) is 5.02 Å². The molecule has 0 spiro atoms. The predicted octanol–water partition coefficient (Wildman–Crippen LogP) is 7.04. The van der Waals surface area contributed by atoms with E-state index in [1.165, 1.54) is 11.1 Å². The Bertz CT molecular complexity index is 3010. The number of carbonyl (C=O) groups is 4. The molecule has 3 fully saturated rings. The van der Waals surface area contributed by atoms with Gasteiger partial charge >= 0.3 is 0 Å². The van der Waals surface area contributed by atoms with Crippen molar-refractivity contribution < 1.29 is 43.1 Å². The molecule has 0 saturated carbocycles. The summed E-state index contributed by atoms with van der Waals surface area (Å²) in [5.74, 6) is 0.224. The Hall–Kier alpha value is -6.19. The third kappa shape index (κ3) is 16.3. The van der Waals surface area contributed by atoms with Gasteiger partial charge in [0.15, 0.2) is 5.82 Å². The van der Waals surface area contributed by atoms with E-state index in [1.807, 2.05) is 98.8 Å². The lowest BCUT2D eigenvalue weighted by Gasteiger charge is -2.43. The second-order valence-corrected chi connectivity index (χ2v) is 26.6. The van der Waals surface area contributed by atoms with E-state index in [1.54, 1.807) is 31.8 Å². The van der Waals surface area contributed by atoms with E-state index >= 15 is 0 Å². The van der Waals surface area contributed by atoms with Crippen LogP contribution >= 0.6 is 30.1 Å². The molecule has 5 heterocycles. The summed E-state index contributed by atoms with van der Waals surface area (Å²) in [4.78, 5) is 76.4. The molecule has 2 aromatic heterocycles. The summed E-state index contributed by atoms with van der Waals surface area (Å²) in [5.41, 5.74) is 6.44. The Morgan fingerprint density at radius 1 is 0.877 bits per heavy atom. The van der Waals surface area contributed by atoms with Gasteiger partial charge < -0.3 is 59.8 Å². The number of aliphatic hydroxyl groups is 1. The van der Waals surface area contributed by atoms with Gasteiger partial charge in [0.25, 0.3) is 0 Å². The topological polar surface area (TPSA) is 233 Å². The summed E-state index contributed by atoms with van der Waals surface area (Å²) in [7, 11) is -0.941. The first kappa shape index (κ1) is 60.9. The number of aliphatic hydroxyl groups excluding tert-OH is 1. The minimum absolute atomic E-state index is 0.00494. The van der Waals surface area contributed by atoms with Crippen LogP contribution in [0.4, 0.5) is 28.8 Å². The number of hydrogen-bond acceptors (Lipinski definition) is 17. The molecule has 81 heavy (non-hydrogen) atoms. The average Bonchev–Trinajstić information content (AvgIpc) is 4.10. The van der Waals surface area contributed by atoms with Crippen LogP contribution in [0.15, 0.2) is 78.4 Å². The Morgan fingerprint density at radius 3 is 2.25 bits per heavy atom. The number of anilines is 5. The van der Waals surface area contributed by atoms with Crippen molar-refractivity contribution in [1.29, 1.82) is 0 Å². The second-order valence-electron chi connectivity index (χ2n) is 22.2. The number of halogens is 1. The van der Waals surface area contributed by atoms with Crippen LogP contribution in [-0.2, 0) is 39.8 Å². The summed E-state index contributed by atoms with van der Waals surface area (Å²) in [6, 6.07) is 19.9. The van der Waals surface area contributed by atoms with Gasteiger partial charge in [0.05, 0.1) is 79.7 Å². The summed E-state index contributed by atoms with van der Waals surface area (Å²) in [6.45, 7) is 16.8. The number of amides is 4. The van der Waals surface area contributed by atoms with Gasteiger partial charge in [-0.1, -0.05) is 68.8 Å². The lowest BCUT2D eigenvalue weighted by atomic mass is 9.85. The standard InChI is InChI=1S/C58H77ClN11O9PS/c1-38-52(81-37-62-38)40-14-12-39(13-15-40)34-60-55(74)47-33-43(71)36-70(47)56(75)53(58(2,3)4)65-50(72)20-28-78-30-31-79-29-21-51(73)69-26-24-68(25-27-69)41-18-22-67(23-19-41)42-16-17-45(48(32-42)77-5)64-57-61-35-44(59)54(66-57)63-46-10-8-9-11-49(46)80(6,7)76/h8-17,32,35,37,41,43,47,53,71H,18-31,33-34,36H2,1-7H3,(H,60,74)(H,65,72)(H2,61,63,64,66)/t43-,47+,53-/m1/s1. The highest BCUT2D eigenvalue weighted by Gasteiger charge is 2.44. The fourth-order valence-electron chi connectivity index (χ4n) is 10.4. The first-order chi connectivity index (χ1) is 38.7. The largest absolute Gasteiger partial charge is 0.494 e. The van der Waals surface area contributed by atoms with Crippen molar-refractivity contribution in [2.75, 3.05) is 108 Å². The summed E-state index contributed by atoms with van der Waals surface area (Å²) in [6.07, 6.45) is 3.00. The van der Waals surface area contributed by atoms with Crippen LogP contribution in [0.25, 0.3) is 10.4 Å². The van der Waals surface area contributed by atoms with Crippen molar-refractivity contribution in [3.05, 3.63) is 94.7 Å². The van der Waals surface area contributed by atoms with Gasteiger partial charge in [-0.2, -0.15) is 4.98 Å². The number of ether oxygens (including phenoxy) is 3. The SMILES string of the molecule is COc1cc(N2CCC(N3CCN(C(=O)CCOCCOCCC(=O)N[C@H](C(=O)N4C[C@H](O)C[C@H]4C(=O)NCc4ccc(-c5scnc5C)cc4)C(C)(C)C)CC3)CC2)ccc1Nc1ncc(Cl)c(Nc2ccccc2P(C)(C)=O)n1. The fourth-order valence-corrected chi connectivity index (χ4v) is 12.5. The number of aromatic nitrogens is 3. The maximum Gasteiger partial charge on any atom is 0.246 e. The Kier molecular flexibility index (Phi) is 20.8. The molecule has 8 rings (SSSR count). The molecule has 5 aromatic rings. The third-order valence-corrected chi connectivity index (χ3v) is 17.7. The van der Waals surface area contributed by atoms with Crippen LogP contribution in [0.1, 0.15) is 64.1 Å². The maximum atomic E-state index is 14.0. The summed E-state index contributed by atoms with van der Waals surface area (Å²) in [5, 5.41) is 23.9. The van der Waals surface area contributed by atoms with E-state index in [0.29, 0.717) is 58.3 Å². The predicted molar refractivity (Wildman–Crippen MR) is 318 cm³/mol. The zero-order chi connectivity index (χ0) is 57.8. The van der Waals surface area contributed by atoms with Crippen molar-refractivity contribution in [1.82, 2.24) is 40.3 Å². The molecule has 3 aromatic carbocycles. The smallest absolute Gasteiger partial charge is 0.246 e. The maximum absolute atomic E-state index is 14.0. The number of nitrogens with zero attached hydrogens (tertiary/aromatic N) is 7. The van der Waals surface area contributed by atoms with Crippen molar-refractivity contribution in [3.63, 3.8) is 0 Å². The number of rotatable bonds is 23. The molecule has 0 unspecified atom stereocenters. The van der Waals surface area contributed by atoms with Gasteiger partial charge in [-0.15, -0.1) is 11.3 Å². The van der Waals surface area contributed by atoms with E-state index in [0.717, 1.165) is 66.4 Å². The van der Waals surface area contributed by atoms with E-state index in [2.05, 4.69) is 52.1 Å². The number of para-hydroxylation sites is 1. The molecule has 3 aliphatic heterocycles.